The molecule has 1 heterocycles. The fraction of sp³-hybridized carbons (Fsp3) is 0.611. The zero-order valence-corrected chi connectivity index (χ0v) is 14.5. The zero-order valence-electron chi connectivity index (χ0n) is 14.5. The summed E-state index contributed by atoms with van der Waals surface area (Å²) in [6.45, 7) is 8.06. The summed E-state index contributed by atoms with van der Waals surface area (Å²) in [7, 11) is 0. The number of para-hydroxylation sites is 1. The van der Waals surface area contributed by atoms with E-state index in [0.717, 1.165) is 17.7 Å². The second-order valence-corrected chi connectivity index (χ2v) is 7.14. The molecule has 0 aromatic heterocycles. The van der Waals surface area contributed by atoms with Gasteiger partial charge in [0.15, 0.2) is 0 Å². The molecule has 0 saturated heterocycles. The quantitative estimate of drug-likeness (QED) is 0.780. The number of carbonyl (C=O) groups excluding carboxylic acids is 1. The molecule has 1 aliphatic heterocycles. The predicted octanol–water partition coefficient (Wildman–Crippen LogP) is 3.14. The van der Waals surface area contributed by atoms with Crippen molar-refractivity contribution in [2.45, 2.75) is 64.1 Å². The Morgan fingerprint density at radius 2 is 2.13 bits per heavy atom. The van der Waals surface area contributed by atoms with Gasteiger partial charge in [-0.25, -0.2) is 4.79 Å². The molecule has 0 fully saturated rings. The number of nitrogens with one attached hydrogen (secondary N) is 2. The summed E-state index contributed by atoms with van der Waals surface area (Å²) in [5.74, 6) is 0.822. The zero-order chi connectivity index (χ0) is 17.1. The molecule has 128 valence electrons. The SMILES string of the molecule is CCC(C)(CCO)NC(=O)NC1CC(C)(C)Oc2ccccc21. The van der Waals surface area contributed by atoms with Crippen LogP contribution in [-0.4, -0.2) is 28.9 Å². The number of benzene rings is 1. The maximum Gasteiger partial charge on any atom is 0.315 e. The van der Waals surface area contributed by atoms with Crippen molar-refractivity contribution in [3.8, 4) is 5.75 Å². The molecular weight excluding hydrogens is 292 g/mol. The smallest absolute Gasteiger partial charge is 0.315 e. The topological polar surface area (TPSA) is 70.6 Å². The van der Waals surface area contributed by atoms with Crippen LogP contribution in [0.2, 0.25) is 0 Å². The van der Waals surface area contributed by atoms with E-state index in [1.807, 2.05) is 52.0 Å². The predicted molar refractivity (Wildman–Crippen MR) is 90.6 cm³/mol. The second-order valence-electron chi connectivity index (χ2n) is 7.14. The van der Waals surface area contributed by atoms with Crippen LogP contribution in [0, 0.1) is 0 Å². The van der Waals surface area contributed by atoms with Crippen LogP contribution in [0.1, 0.15) is 58.6 Å². The molecule has 5 nitrogen and oxygen atoms in total. The summed E-state index contributed by atoms with van der Waals surface area (Å²) in [5.41, 5.74) is 0.271. The van der Waals surface area contributed by atoms with Gasteiger partial charge in [-0.05, 0) is 39.7 Å². The van der Waals surface area contributed by atoms with Gasteiger partial charge in [-0.15, -0.1) is 0 Å². The summed E-state index contributed by atoms with van der Waals surface area (Å²) >= 11 is 0. The largest absolute Gasteiger partial charge is 0.487 e. The standard InChI is InChI=1S/C18H28N2O3/c1-5-18(4,10-11-21)20-16(22)19-14-12-17(2,3)23-15-9-7-6-8-13(14)15/h6-9,14,21H,5,10-12H2,1-4H3,(H2,19,20,22). The van der Waals surface area contributed by atoms with Gasteiger partial charge in [0.25, 0.3) is 0 Å². The van der Waals surface area contributed by atoms with Crippen molar-refractivity contribution < 1.29 is 14.6 Å². The number of carbonyl (C=O) groups is 1. The number of hydrogen-bond donors (Lipinski definition) is 3. The summed E-state index contributed by atoms with van der Waals surface area (Å²) in [4.78, 5) is 12.4. The first-order valence-electron chi connectivity index (χ1n) is 8.26. The normalized spacial score (nSPS) is 21.5. The minimum Gasteiger partial charge on any atom is -0.487 e. The molecule has 2 atom stereocenters. The maximum atomic E-state index is 12.4. The van der Waals surface area contributed by atoms with Gasteiger partial charge < -0.3 is 20.5 Å². The third kappa shape index (κ3) is 4.38. The van der Waals surface area contributed by atoms with Crippen molar-refractivity contribution in [3.05, 3.63) is 29.8 Å². The molecule has 3 N–H and O–H groups in total. The van der Waals surface area contributed by atoms with E-state index < -0.39 is 5.54 Å². The van der Waals surface area contributed by atoms with Crippen LogP contribution in [0.3, 0.4) is 0 Å². The van der Waals surface area contributed by atoms with Crippen molar-refractivity contribution in [1.82, 2.24) is 10.6 Å². The van der Waals surface area contributed by atoms with E-state index >= 15 is 0 Å². The molecule has 1 aromatic carbocycles. The van der Waals surface area contributed by atoms with Crippen molar-refractivity contribution in [2.24, 2.45) is 0 Å². The van der Waals surface area contributed by atoms with Gasteiger partial charge in [-0.1, -0.05) is 25.1 Å². The highest BCUT2D eigenvalue weighted by Crippen LogP contribution is 2.39. The Morgan fingerprint density at radius 1 is 1.43 bits per heavy atom. The van der Waals surface area contributed by atoms with Gasteiger partial charge in [0.05, 0.1) is 6.04 Å². The van der Waals surface area contributed by atoms with Crippen LogP contribution in [0.15, 0.2) is 24.3 Å². The Hall–Kier alpha value is -1.75. The molecule has 0 radical (unpaired) electrons. The minimum absolute atomic E-state index is 0.0533. The average molecular weight is 320 g/mol. The van der Waals surface area contributed by atoms with Crippen molar-refractivity contribution in [3.63, 3.8) is 0 Å². The Bertz CT molecular complexity index is 559. The number of amides is 2. The second kappa shape index (κ2) is 6.79. The molecule has 0 spiro atoms. The van der Waals surface area contributed by atoms with Crippen LogP contribution in [0.5, 0.6) is 5.75 Å². The lowest BCUT2D eigenvalue weighted by molar-refractivity contribution is 0.0675. The van der Waals surface area contributed by atoms with E-state index in [1.54, 1.807) is 0 Å². The first kappa shape index (κ1) is 17.6. The summed E-state index contributed by atoms with van der Waals surface area (Å²) < 4.78 is 5.99. The third-order valence-electron chi connectivity index (χ3n) is 4.54. The van der Waals surface area contributed by atoms with Gasteiger partial charge in [0.1, 0.15) is 11.4 Å². The van der Waals surface area contributed by atoms with E-state index in [-0.39, 0.29) is 24.3 Å². The third-order valence-corrected chi connectivity index (χ3v) is 4.54. The number of ether oxygens (including phenoxy) is 1. The Morgan fingerprint density at radius 3 is 2.78 bits per heavy atom. The monoisotopic (exact) mass is 320 g/mol. The van der Waals surface area contributed by atoms with Crippen molar-refractivity contribution >= 4 is 6.03 Å². The Kier molecular flexibility index (Phi) is 5.19. The number of aliphatic hydroxyl groups is 1. The fourth-order valence-corrected chi connectivity index (χ4v) is 2.97. The number of rotatable bonds is 5. The average Bonchev–Trinajstić information content (AvgIpc) is 2.46. The lowest BCUT2D eigenvalue weighted by atomic mass is 9.89. The van der Waals surface area contributed by atoms with E-state index in [2.05, 4.69) is 10.6 Å². The van der Waals surface area contributed by atoms with Crippen LogP contribution in [0.25, 0.3) is 0 Å². The van der Waals surface area contributed by atoms with E-state index in [1.165, 1.54) is 0 Å². The maximum absolute atomic E-state index is 12.4. The lowest BCUT2D eigenvalue weighted by Gasteiger charge is -2.38. The summed E-state index contributed by atoms with van der Waals surface area (Å²) in [5, 5.41) is 15.2. The Balaban J connectivity index is 2.11. The molecule has 23 heavy (non-hydrogen) atoms. The molecule has 1 aliphatic rings. The van der Waals surface area contributed by atoms with E-state index in [9.17, 15) is 9.90 Å². The highest BCUT2D eigenvalue weighted by atomic mass is 16.5. The summed E-state index contributed by atoms with van der Waals surface area (Å²) in [6, 6.07) is 7.51. The number of urea groups is 1. The highest BCUT2D eigenvalue weighted by molar-refractivity contribution is 5.75. The molecule has 0 bridgehead atoms. The molecule has 2 rings (SSSR count). The molecule has 2 unspecified atom stereocenters. The lowest BCUT2D eigenvalue weighted by Crippen LogP contribution is -2.52. The minimum atomic E-state index is -0.404. The first-order valence-corrected chi connectivity index (χ1v) is 8.26. The number of hydrogen-bond acceptors (Lipinski definition) is 3. The van der Waals surface area contributed by atoms with Crippen LogP contribution in [0.4, 0.5) is 4.79 Å². The first-order chi connectivity index (χ1) is 10.8. The number of aliphatic hydroxyl groups excluding tert-OH is 1. The van der Waals surface area contributed by atoms with Crippen LogP contribution < -0.4 is 15.4 Å². The van der Waals surface area contributed by atoms with Crippen molar-refractivity contribution in [2.75, 3.05) is 6.61 Å². The van der Waals surface area contributed by atoms with Gasteiger partial charge in [-0.2, -0.15) is 0 Å². The van der Waals surface area contributed by atoms with Gasteiger partial charge in [-0.3, -0.25) is 0 Å². The van der Waals surface area contributed by atoms with Crippen LogP contribution >= 0.6 is 0 Å². The van der Waals surface area contributed by atoms with Crippen molar-refractivity contribution in [1.29, 1.82) is 0 Å². The molecule has 5 heteroatoms. The number of fused-ring (bicyclic) bond motifs is 1. The van der Waals surface area contributed by atoms with E-state index in [0.29, 0.717) is 12.8 Å². The molecule has 2 amide bonds. The summed E-state index contributed by atoms with van der Waals surface area (Å²) in [6.07, 6.45) is 2.00. The van der Waals surface area contributed by atoms with Crippen LogP contribution in [-0.2, 0) is 0 Å². The molecule has 0 aliphatic carbocycles. The van der Waals surface area contributed by atoms with Gasteiger partial charge in [0, 0.05) is 24.1 Å². The fourth-order valence-electron chi connectivity index (χ4n) is 2.97. The molecule has 1 aromatic rings. The molecular formula is C18H28N2O3. The molecule has 0 saturated carbocycles. The Labute approximate surface area is 138 Å². The van der Waals surface area contributed by atoms with E-state index in [4.69, 9.17) is 4.74 Å². The highest BCUT2D eigenvalue weighted by Gasteiger charge is 2.35. The van der Waals surface area contributed by atoms with Gasteiger partial charge in [0.2, 0.25) is 0 Å². The van der Waals surface area contributed by atoms with Gasteiger partial charge >= 0.3 is 6.03 Å².